The summed E-state index contributed by atoms with van der Waals surface area (Å²) in [4.78, 5) is 0. The molecule has 3 nitrogen and oxygen atoms in total. The van der Waals surface area contributed by atoms with Gasteiger partial charge < -0.3 is 5.73 Å². The minimum absolute atomic E-state index is 0.553. The largest absolute Gasteiger partial charge is 0.382 e. The van der Waals surface area contributed by atoms with Gasteiger partial charge in [0, 0.05) is 11.8 Å². The molecular weight excluding hydrogens is 96.0 g/mol. The normalized spacial score (nSPS) is 9.29. The quantitative estimate of drug-likeness (QED) is 0.464. The molecule has 0 aliphatic rings. The number of rotatable bonds is 0. The number of hydrogen-bond acceptors (Lipinski definition) is 2. The lowest BCUT2D eigenvalue weighted by molar-refractivity contribution is 1.05. The number of hydrogen-bond donors (Lipinski definition) is 2. The van der Waals surface area contributed by atoms with Gasteiger partial charge in [0.05, 0.1) is 0 Å². The van der Waals surface area contributed by atoms with E-state index in [0.717, 1.165) is 5.69 Å². The highest BCUT2D eigenvalue weighted by atomic mass is 16.1. The number of nitrogens with zero attached hydrogens (tertiary/aromatic N) is 1. The van der Waals surface area contributed by atoms with Crippen molar-refractivity contribution in [2.24, 2.45) is 0 Å². The lowest BCUT2D eigenvalue weighted by atomic mass is 11.5. The van der Waals surface area contributed by atoms with Crippen LogP contribution in [0.2, 0.25) is 0 Å². The molecule has 3 heteroatoms. The molecule has 1 aromatic rings. The summed E-state index contributed by atoms with van der Waals surface area (Å²) in [7, 11) is 0. The van der Waals surface area contributed by atoms with E-state index in [1.807, 2.05) is 6.92 Å². The Morgan fingerprint density at radius 3 is 2.71 bits per heavy atom. The van der Waals surface area contributed by atoms with Crippen molar-refractivity contribution in [2.45, 2.75) is 6.92 Å². The molecule has 0 unspecified atom stereocenters. The predicted octanol–water partition coefficient (Wildman–Crippen LogP) is 0.300. The highest BCUT2D eigenvalue weighted by molar-refractivity contribution is 5.27. The Hall–Kier alpha value is -0.990. The number of aromatic nitrogens is 2. The lowest BCUT2D eigenvalue weighted by Crippen LogP contribution is -1.81. The van der Waals surface area contributed by atoms with Gasteiger partial charge in [-0.3, -0.25) is 5.10 Å². The molecule has 0 amide bonds. The van der Waals surface area contributed by atoms with Crippen LogP contribution in [0.25, 0.3) is 0 Å². The van der Waals surface area contributed by atoms with Gasteiger partial charge in [0.25, 0.3) is 0 Å². The summed E-state index contributed by atoms with van der Waals surface area (Å²) >= 11 is 0. The van der Waals surface area contributed by atoms with Gasteiger partial charge in [0.15, 0.2) is 0 Å². The summed E-state index contributed by atoms with van der Waals surface area (Å²) in [5, 5.41) is 6.36. The molecule has 0 aliphatic carbocycles. The van der Waals surface area contributed by atoms with Crippen LogP contribution in [0.4, 0.5) is 5.82 Å². The van der Waals surface area contributed by atoms with Crippen LogP contribution in [0.3, 0.4) is 0 Å². The van der Waals surface area contributed by atoms with E-state index in [1.54, 1.807) is 6.07 Å². The van der Waals surface area contributed by atoms with E-state index in [0.29, 0.717) is 5.82 Å². The van der Waals surface area contributed by atoms with Gasteiger partial charge in [-0.25, -0.2) is 0 Å². The molecular formula is C4H7N3. The third kappa shape index (κ3) is 0.707. The first-order valence-electron chi connectivity index (χ1n) is 2.06. The molecule has 0 bridgehead atoms. The summed E-state index contributed by atoms with van der Waals surface area (Å²) in [6, 6.07) is 1.78. The van der Waals surface area contributed by atoms with E-state index >= 15 is 0 Å². The average Bonchev–Trinajstić information content (AvgIpc) is 1.87. The van der Waals surface area contributed by atoms with E-state index in [1.165, 1.54) is 0 Å². The molecule has 0 saturated carbocycles. The first-order chi connectivity index (χ1) is 3.29. The minimum atomic E-state index is 0.553. The fourth-order valence-corrected chi connectivity index (χ4v) is 0.439. The van der Waals surface area contributed by atoms with E-state index in [4.69, 9.17) is 5.73 Å². The third-order valence-corrected chi connectivity index (χ3v) is 0.726. The van der Waals surface area contributed by atoms with Crippen molar-refractivity contribution in [1.82, 2.24) is 10.2 Å². The van der Waals surface area contributed by atoms with E-state index in [9.17, 15) is 0 Å². The highest BCUT2D eigenvalue weighted by Crippen LogP contribution is 1.95. The lowest BCUT2D eigenvalue weighted by Gasteiger charge is -1.68. The maximum Gasteiger partial charge on any atom is 0.145 e. The Morgan fingerprint density at radius 1 is 1.86 bits per heavy atom. The smallest absolute Gasteiger partial charge is 0.145 e. The summed E-state index contributed by atoms with van der Waals surface area (Å²) in [6.07, 6.45) is 0. The van der Waals surface area contributed by atoms with Crippen LogP contribution in [0.5, 0.6) is 0 Å². The Labute approximate surface area is 41.5 Å². The van der Waals surface area contributed by atoms with Crippen LogP contribution < -0.4 is 5.73 Å². The maximum atomic E-state index is 5.24. The number of nitrogen functional groups attached to an aromatic ring is 1. The molecule has 0 atom stereocenters. The monoisotopic (exact) mass is 103 g/mol. The molecule has 0 spiro atoms. The molecule has 1 rings (SSSR count). The van der Waals surface area contributed by atoms with E-state index in [2.05, 4.69) is 10.2 Å². The first-order valence-corrected chi connectivity index (χ1v) is 2.06. The number of H-pyrrole nitrogens is 1. The Balaban J connectivity index is 3.04. The van der Waals surface area contributed by atoms with Crippen LogP contribution >= 0.6 is 0 Å². The van der Waals surface area contributed by atoms with Crippen molar-refractivity contribution in [3.8, 4) is 0 Å². The van der Waals surface area contributed by atoms with Crippen LogP contribution in [-0.4, -0.2) is 10.2 Å². The molecule has 0 radical (unpaired) electrons. The topological polar surface area (TPSA) is 54.7 Å². The average molecular weight is 103 g/mol. The van der Waals surface area contributed by atoms with Crippen LogP contribution in [-0.2, 0) is 0 Å². The molecule has 0 saturated heterocycles. The highest BCUT2D eigenvalue weighted by Gasteiger charge is 1.85. The van der Waals surface area contributed by atoms with Crippen molar-refractivity contribution in [3.05, 3.63) is 11.8 Å². The molecule has 0 aromatic carbocycles. The summed E-state index contributed by atoms with van der Waals surface area (Å²) in [6.45, 7) is 1.91. The summed E-state index contributed by atoms with van der Waals surface area (Å²) < 4.78 is 0. The van der Waals surface area contributed by atoms with Crippen LogP contribution in [0.1, 0.15) is 5.69 Å². The minimum Gasteiger partial charge on any atom is -0.382 e. The SMILES string of the molecule is [13CH3][13c]1[13cH][13c](N)[15n][15nH]1. The second kappa shape index (κ2) is 1.26. The van der Waals surface area contributed by atoms with Gasteiger partial charge in [0.2, 0.25) is 0 Å². The second-order valence-corrected chi connectivity index (χ2v) is 1.48. The van der Waals surface area contributed by atoms with Gasteiger partial charge in [-0.15, -0.1) is 0 Å². The van der Waals surface area contributed by atoms with Gasteiger partial charge in [-0.2, -0.15) is 5.10 Å². The number of anilines is 1. The van der Waals surface area contributed by atoms with Crippen molar-refractivity contribution in [3.63, 3.8) is 0 Å². The Kier molecular flexibility index (Phi) is 0.749. The zero-order chi connectivity index (χ0) is 5.28. The molecule has 7 heavy (non-hydrogen) atoms. The molecule has 3 N–H and O–H groups in total. The van der Waals surface area contributed by atoms with Crippen molar-refractivity contribution >= 4 is 5.82 Å². The zero-order valence-corrected chi connectivity index (χ0v) is 4.10. The number of aromatic amines is 1. The number of nitrogens with two attached hydrogens (primary N) is 1. The van der Waals surface area contributed by atoms with E-state index in [-0.39, 0.29) is 0 Å². The second-order valence-electron chi connectivity index (χ2n) is 1.48. The summed E-state index contributed by atoms with van der Waals surface area (Å²) in [5.41, 5.74) is 6.23. The zero-order valence-electron chi connectivity index (χ0n) is 4.10. The fourth-order valence-electron chi connectivity index (χ4n) is 0.439. The standard InChI is InChI=1S/C4H7N3/c1-3-2-4(5)7-6-3/h2H,1H3,(H3,5,6,7)/i1+1,2+1,3+1,4+1,6+1,7+1. The van der Waals surface area contributed by atoms with Crippen molar-refractivity contribution < 1.29 is 0 Å². The third-order valence-electron chi connectivity index (χ3n) is 0.726. The number of nitrogens with one attached hydrogen (secondary N) is 1. The molecule has 0 aliphatic heterocycles. The Morgan fingerprint density at radius 2 is 2.57 bits per heavy atom. The maximum absolute atomic E-state index is 5.24. The molecule has 1 heterocycles. The first kappa shape index (κ1) is 4.18. The van der Waals surface area contributed by atoms with Gasteiger partial charge >= 0.3 is 0 Å². The Bertz CT molecular complexity index is 139. The summed E-state index contributed by atoms with van der Waals surface area (Å²) in [5.74, 6) is 0.553. The van der Waals surface area contributed by atoms with Crippen molar-refractivity contribution in [2.75, 3.05) is 5.73 Å². The van der Waals surface area contributed by atoms with E-state index < -0.39 is 0 Å². The van der Waals surface area contributed by atoms with Crippen LogP contribution in [0, 0.1) is 6.92 Å². The molecule has 1 aromatic heterocycles. The number of aryl methyl sites for hydroxylation is 1. The fraction of sp³-hybridized carbons (Fsp3) is 0.250. The van der Waals surface area contributed by atoms with Gasteiger partial charge in [-0.1, -0.05) is 0 Å². The van der Waals surface area contributed by atoms with Crippen LogP contribution in [0.15, 0.2) is 6.07 Å². The predicted molar refractivity (Wildman–Crippen MR) is 27.7 cm³/mol. The van der Waals surface area contributed by atoms with Gasteiger partial charge in [-0.05, 0) is 6.92 Å². The van der Waals surface area contributed by atoms with Crippen molar-refractivity contribution in [1.29, 1.82) is 0 Å². The molecule has 0 fully saturated rings. The molecule has 38 valence electrons. The van der Waals surface area contributed by atoms with Gasteiger partial charge in [0.1, 0.15) is 5.82 Å².